The van der Waals surface area contributed by atoms with Crippen LogP contribution in [0.25, 0.3) is 0 Å². The lowest BCUT2D eigenvalue weighted by molar-refractivity contribution is 0.0921. The summed E-state index contributed by atoms with van der Waals surface area (Å²) in [5, 5.41) is 4.26. The van der Waals surface area contributed by atoms with Crippen LogP contribution < -0.4 is 21.9 Å². The zero-order chi connectivity index (χ0) is 11.0. The highest BCUT2D eigenvalue weighted by Gasteiger charge is 2.30. The summed E-state index contributed by atoms with van der Waals surface area (Å²) in [5.41, 5.74) is 7.03. The molecule has 2 unspecified atom stereocenters. The van der Waals surface area contributed by atoms with E-state index in [2.05, 4.69) is 5.32 Å². The van der Waals surface area contributed by atoms with Gasteiger partial charge in [-0.2, -0.15) is 0 Å². The van der Waals surface area contributed by atoms with Gasteiger partial charge in [0.25, 0.3) is 5.91 Å². The largest absolute Gasteiger partial charge is 0.329 e. The molecule has 80 valence electrons. The van der Waals surface area contributed by atoms with Gasteiger partial charge in [-0.25, -0.2) is 5.84 Å². The van der Waals surface area contributed by atoms with Crippen molar-refractivity contribution in [3.05, 3.63) is 29.8 Å². The summed E-state index contributed by atoms with van der Waals surface area (Å²) in [4.78, 5) is 11.7. The summed E-state index contributed by atoms with van der Waals surface area (Å²) in [6.07, 6.45) is -0.354. The minimum Gasteiger partial charge on any atom is -0.329 e. The minimum absolute atomic E-state index is 0.130. The zero-order valence-corrected chi connectivity index (χ0v) is 8.47. The number of rotatable bonds is 1. The maximum Gasteiger partial charge on any atom is 0.255 e. The van der Waals surface area contributed by atoms with Crippen molar-refractivity contribution < 1.29 is 4.79 Å². The highest BCUT2D eigenvalue weighted by atomic mass is 16.2. The van der Waals surface area contributed by atoms with Gasteiger partial charge in [0.05, 0.1) is 11.3 Å². The Morgan fingerprint density at radius 3 is 2.80 bits per heavy atom. The van der Waals surface area contributed by atoms with Crippen LogP contribution in [-0.4, -0.2) is 18.1 Å². The second kappa shape index (κ2) is 3.52. The molecule has 1 aliphatic heterocycles. The molecule has 2 rings (SSSR count). The minimum atomic E-state index is -0.354. The average Bonchev–Trinajstić information content (AvgIpc) is 2.23. The molecular weight excluding hydrogens is 192 g/mol. The van der Waals surface area contributed by atoms with E-state index >= 15 is 0 Å². The Kier molecular flexibility index (Phi) is 2.34. The molecule has 1 aromatic rings. The zero-order valence-electron chi connectivity index (χ0n) is 8.47. The van der Waals surface area contributed by atoms with Gasteiger partial charge in [-0.15, -0.1) is 0 Å². The number of para-hydroxylation sites is 1. The van der Waals surface area contributed by atoms with Gasteiger partial charge < -0.3 is 11.1 Å². The van der Waals surface area contributed by atoms with Gasteiger partial charge in [0.2, 0.25) is 0 Å². The fraction of sp³-hybridized carbons (Fsp3) is 0.300. The quantitative estimate of drug-likeness (QED) is 0.555. The second-order valence-corrected chi connectivity index (χ2v) is 3.70. The Morgan fingerprint density at radius 1 is 1.47 bits per heavy atom. The standard InChI is InChI=1S/C10H14N4O/c1-6(11)9-13-10(15)7-4-2-3-5-8(7)14(9)12/h2-6,9H,11-12H2,1H3,(H,13,15). The van der Waals surface area contributed by atoms with Crippen molar-refractivity contribution in [2.45, 2.75) is 19.1 Å². The molecule has 0 aliphatic carbocycles. The van der Waals surface area contributed by atoms with Gasteiger partial charge in [0.15, 0.2) is 0 Å². The predicted octanol–water partition coefficient (Wildman–Crippen LogP) is -0.217. The molecule has 1 amide bonds. The fourth-order valence-corrected chi connectivity index (χ4v) is 1.71. The van der Waals surface area contributed by atoms with E-state index < -0.39 is 0 Å². The van der Waals surface area contributed by atoms with Crippen molar-refractivity contribution in [1.82, 2.24) is 5.32 Å². The molecule has 5 heteroatoms. The van der Waals surface area contributed by atoms with Crippen LogP contribution in [-0.2, 0) is 0 Å². The summed E-state index contributed by atoms with van der Waals surface area (Å²) >= 11 is 0. The number of carbonyl (C=O) groups excluding carboxylic acids is 1. The maximum atomic E-state index is 11.7. The van der Waals surface area contributed by atoms with E-state index in [0.29, 0.717) is 11.3 Å². The third kappa shape index (κ3) is 1.55. The van der Waals surface area contributed by atoms with Crippen molar-refractivity contribution in [1.29, 1.82) is 0 Å². The summed E-state index contributed by atoms with van der Waals surface area (Å²) in [7, 11) is 0. The smallest absolute Gasteiger partial charge is 0.255 e. The third-order valence-electron chi connectivity index (χ3n) is 2.50. The number of hydrogen-bond donors (Lipinski definition) is 3. The molecule has 0 spiro atoms. The number of nitrogens with zero attached hydrogens (tertiary/aromatic N) is 1. The van der Waals surface area contributed by atoms with Crippen LogP contribution in [0.5, 0.6) is 0 Å². The van der Waals surface area contributed by atoms with Crippen LogP contribution >= 0.6 is 0 Å². The molecule has 15 heavy (non-hydrogen) atoms. The van der Waals surface area contributed by atoms with Crippen molar-refractivity contribution >= 4 is 11.6 Å². The first-order valence-corrected chi connectivity index (χ1v) is 4.80. The predicted molar refractivity (Wildman–Crippen MR) is 58.0 cm³/mol. The lowest BCUT2D eigenvalue weighted by Gasteiger charge is -2.37. The lowest BCUT2D eigenvalue weighted by atomic mass is 10.1. The molecule has 0 saturated heterocycles. The molecule has 2 atom stereocenters. The lowest BCUT2D eigenvalue weighted by Crippen LogP contribution is -2.62. The number of fused-ring (bicyclic) bond motifs is 1. The van der Waals surface area contributed by atoms with Gasteiger partial charge in [0.1, 0.15) is 6.17 Å². The molecule has 0 radical (unpaired) electrons. The molecular formula is C10H14N4O. The Labute approximate surface area is 88.0 Å². The number of anilines is 1. The summed E-state index contributed by atoms with van der Waals surface area (Å²) in [6.45, 7) is 1.80. The Morgan fingerprint density at radius 2 is 2.13 bits per heavy atom. The second-order valence-electron chi connectivity index (χ2n) is 3.70. The first kappa shape index (κ1) is 9.95. The number of nitrogens with one attached hydrogen (secondary N) is 1. The van der Waals surface area contributed by atoms with Gasteiger partial charge in [-0.05, 0) is 19.1 Å². The van der Waals surface area contributed by atoms with Gasteiger partial charge >= 0.3 is 0 Å². The van der Waals surface area contributed by atoms with Crippen molar-refractivity contribution in [2.24, 2.45) is 11.6 Å². The van der Waals surface area contributed by atoms with E-state index in [4.69, 9.17) is 11.6 Å². The first-order valence-electron chi connectivity index (χ1n) is 4.80. The number of hydrogen-bond acceptors (Lipinski definition) is 4. The number of hydrazine groups is 1. The molecule has 0 aromatic heterocycles. The highest BCUT2D eigenvalue weighted by Crippen LogP contribution is 2.23. The average molecular weight is 206 g/mol. The van der Waals surface area contributed by atoms with E-state index in [-0.39, 0.29) is 18.1 Å². The third-order valence-corrected chi connectivity index (χ3v) is 2.50. The number of carbonyl (C=O) groups is 1. The molecule has 1 aliphatic rings. The molecule has 0 fully saturated rings. The topological polar surface area (TPSA) is 84.4 Å². The summed E-state index contributed by atoms with van der Waals surface area (Å²) in [5.74, 6) is 5.76. The van der Waals surface area contributed by atoms with Crippen molar-refractivity contribution in [3.63, 3.8) is 0 Å². The van der Waals surface area contributed by atoms with Crippen LogP contribution in [0.3, 0.4) is 0 Å². The van der Waals surface area contributed by atoms with E-state index in [1.165, 1.54) is 5.01 Å². The highest BCUT2D eigenvalue weighted by molar-refractivity contribution is 6.01. The molecule has 0 bridgehead atoms. The van der Waals surface area contributed by atoms with Crippen LogP contribution in [0.1, 0.15) is 17.3 Å². The molecule has 1 aromatic carbocycles. The Bertz CT molecular complexity index is 391. The van der Waals surface area contributed by atoms with Crippen molar-refractivity contribution in [3.8, 4) is 0 Å². The van der Waals surface area contributed by atoms with Crippen LogP contribution in [0.4, 0.5) is 5.69 Å². The normalized spacial score (nSPS) is 21.9. The van der Waals surface area contributed by atoms with E-state index in [1.54, 1.807) is 19.1 Å². The van der Waals surface area contributed by atoms with Crippen LogP contribution in [0.15, 0.2) is 24.3 Å². The monoisotopic (exact) mass is 206 g/mol. The fourth-order valence-electron chi connectivity index (χ4n) is 1.71. The number of benzene rings is 1. The van der Waals surface area contributed by atoms with Crippen LogP contribution in [0, 0.1) is 0 Å². The van der Waals surface area contributed by atoms with E-state index in [9.17, 15) is 4.79 Å². The molecule has 1 heterocycles. The number of nitrogens with two attached hydrogens (primary N) is 2. The Balaban J connectivity index is 2.44. The summed E-state index contributed by atoms with van der Waals surface area (Å²) in [6, 6.07) is 6.96. The van der Waals surface area contributed by atoms with Gasteiger partial charge in [-0.3, -0.25) is 9.80 Å². The van der Waals surface area contributed by atoms with Gasteiger partial charge in [0, 0.05) is 6.04 Å². The summed E-state index contributed by atoms with van der Waals surface area (Å²) < 4.78 is 0. The Hall–Kier alpha value is -1.59. The number of amides is 1. The van der Waals surface area contributed by atoms with E-state index in [0.717, 1.165) is 0 Å². The van der Waals surface area contributed by atoms with Gasteiger partial charge in [-0.1, -0.05) is 12.1 Å². The maximum absolute atomic E-state index is 11.7. The van der Waals surface area contributed by atoms with Crippen LogP contribution in [0.2, 0.25) is 0 Å². The van der Waals surface area contributed by atoms with Crippen molar-refractivity contribution in [2.75, 3.05) is 5.01 Å². The van der Waals surface area contributed by atoms with E-state index in [1.807, 2.05) is 12.1 Å². The SMILES string of the molecule is CC(N)C1NC(=O)c2ccccc2N1N. The molecule has 5 N–H and O–H groups in total. The molecule has 5 nitrogen and oxygen atoms in total. The molecule has 0 saturated carbocycles. The first-order chi connectivity index (χ1) is 7.11.